The Hall–Kier alpha value is -2.83. The van der Waals surface area contributed by atoms with Gasteiger partial charge in [-0.15, -0.1) is 0 Å². The maximum atomic E-state index is 13.0. The first-order valence-corrected chi connectivity index (χ1v) is 9.47. The van der Waals surface area contributed by atoms with E-state index in [1.807, 2.05) is 24.3 Å². The molecule has 0 amide bonds. The van der Waals surface area contributed by atoms with Crippen LogP contribution in [0.15, 0.2) is 48.5 Å². The average Bonchev–Trinajstić information content (AvgIpc) is 2.96. The molecule has 2 heterocycles. The van der Waals surface area contributed by atoms with E-state index in [9.17, 15) is 13.2 Å². The molecule has 1 N–H and O–H groups in total. The zero-order chi connectivity index (χ0) is 19.6. The highest BCUT2D eigenvalue weighted by Crippen LogP contribution is 2.32. The summed E-state index contributed by atoms with van der Waals surface area (Å²) >= 11 is 0. The predicted octanol–water partition coefficient (Wildman–Crippen LogP) is 5.77. The van der Waals surface area contributed by atoms with Crippen molar-refractivity contribution in [2.24, 2.45) is 0 Å². The summed E-state index contributed by atoms with van der Waals surface area (Å²) in [7, 11) is 0. The molecular formula is C21H21F3N4. The Labute approximate surface area is 161 Å². The van der Waals surface area contributed by atoms with Crippen LogP contribution in [-0.4, -0.2) is 23.1 Å². The Morgan fingerprint density at radius 3 is 2.36 bits per heavy atom. The number of nitrogens with zero attached hydrogens (tertiary/aromatic N) is 3. The quantitative estimate of drug-likeness (QED) is 0.620. The fourth-order valence-corrected chi connectivity index (χ4v) is 3.54. The first-order chi connectivity index (χ1) is 13.5. The number of nitrogens with one attached hydrogen (secondary N) is 1. The summed E-state index contributed by atoms with van der Waals surface area (Å²) in [5, 5.41) is 3.91. The lowest BCUT2D eigenvalue weighted by Gasteiger charge is -2.23. The molecule has 2 aromatic carbocycles. The number of anilines is 3. The first kappa shape index (κ1) is 18.5. The Kier molecular flexibility index (Phi) is 5.07. The molecule has 3 aromatic rings. The molecular weight excluding hydrogens is 365 g/mol. The Morgan fingerprint density at radius 2 is 1.61 bits per heavy atom. The molecule has 1 saturated heterocycles. The van der Waals surface area contributed by atoms with E-state index >= 15 is 0 Å². The molecule has 0 radical (unpaired) electrons. The fraction of sp³-hybridized carbons (Fsp3) is 0.333. The maximum absolute atomic E-state index is 13.0. The SMILES string of the molecule is FC(F)(F)c1cccc(Nc2nc(N3CCCCCC3)c3ccccc3n2)c1. The smallest absolute Gasteiger partial charge is 0.356 e. The molecule has 1 aliphatic heterocycles. The Bertz CT molecular complexity index is 963. The highest BCUT2D eigenvalue weighted by Gasteiger charge is 2.30. The molecule has 146 valence electrons. The Balaban J connectivity index is 1.72. The van der Waals surface area contributed by atoms with Crippen LogP contribution in [-0.2, 0) is 6.18 Å². The second-order valence-electron chi connectivity index (χ2n) is 6.99. The van der Waals surface area contributed by atoms with E-state index in [1.54, 1.807) is 6.07 Å². The molecule has 0 atom stereocenters. The van der Waals surface area contributed by atoms with Crippen LogP contribution in [0.3, 0.4) is 0 Å². The van der Waals surface area contributed by atoms with Gasteiger partial charge in [-0.3, -0.25) is 0 Å². The second kappa shape index (κ2) is 7.66. The highest BCUT2D eigenvalue weighted by molar-refractivity contribution is 5.90. The van der Waals surface area contributed by atoms with Gasteiger partial charge in [-0.25, -0.2) is 4.98 Å². The molecule has 0 bridgehead atoms. The van der Waals surface area contributed by atoms with Gasteiger partial charge in [0.2, 0.25) is 5.95 Å². The lowest BCUT2D eigenvalue weighted by molar-refractivity contribution is -0.137. The minimum Gasteiger partial charge on any atom is -0.356 e. The normalized spacial score (nSPS) is 15.5. The monoisotopic (exact) mass is 386 g/mol. The van der Waals surface area contributed by atoms with E-state index < -0.39 is 11.7 Å². The minimum atomic E-state index is -4.39. The molecule has 4 nitrogen and oxygen atoms in total. The van der Waals surface area contributed by atoms with Gasteiger partial charge in [-0.1, -0.05) is 31.0 Å². The molecule has 4 rings (SSSR count). The van der Waals surface area contributed by atoms with Crippen molar-refractivity contribution in [2.45, 2.75) is 31.9 Å². The summed E-state index contributed by atoms with van der Waals surface area (Å²) < 4.78 is 39.0. The largest absolute Gasteiger partial charge is 0.416 e. The van der Waals surface area contributed by atoms with Crippen LogP contribution in [0.5, 0.6) is 0 Å². The average molecular weight is 386 g/mol. The number of alkyl halides is 3. The van der Waals surface area contributed by atoms with Crippen LogP contribution in [0.2, 0.25) is 0 Å². The number of halogens is 3. The molecule has 1 aromatic heterocycles. The summed E-state index contributed by atoms with van der Waals surface area (Å²) in [4.78, 5) is 11.4. The molecule has 0 saturated carbocycles. The fourth-order valence-electron chi connectivity index (χ4n) is 3.54. The van der Waals surface area contributed by atoms with E-state index in [-0.39, 0.29) is 0 Å². The molecule has 7 heteroatoms. The van der Waals surface area contributed by atoms with Gasteiger partial charge in [0.05, 0.1) is 11.1 Å². The van der Waals surface area contributed by atoms with Crippen molar-refractivity contribution in [1.82, 2.24) is 9.97 Å². The number of benzene rings is 2. The summed E-state index contributed by atoms with van der Waals surface area (Å²) in [5.41, 5.74) is 0.379. The van der Waals surface area contributed by atoms with Gasteiger partial charge < -0.3 is 10.2 Å². The molecule has 0 spiro atoms. The summed E-state index contributed by atoms with van der Waals surface area (Å²) in [6.45, 7) is 1.84. The third-order valence-electron chi connectivity index (χ3n) is 4.93. The highest BCUT2D eigenvalue weighted by atomic mass is 19.4. The number of hydrogen-bond donors (Lipinski definition) is 1. The van der Waals surface area contributed by atoms with Crippen molar-refractivity contribution in [3.63, 3.8) is 0 Å². The number of para-hydroxylation sites is 1. The van der Waals surface area contributed by atoms with Gasteiger partial charge >= 0.3 is 6.18 Å². The van der Waals surface area contributed by atoms with Crippen molar-refractivity contribution in [1.29, 1.82) is 0 Å². The Morgan fingerprint density at radius 1 is 0.857 bits per heavy atom. The van der Waals surface area contributed by atoms with E-state index in [4.69, 9.17) is 0 Å². The molecule has 1 fully saturated rings. The third kappa shape index (κ3) is 4.03. The molecule has 0 unspecified atom stereocenters. The van der Waals surface area contributed by atoms with Gasteiger partial charge in [0, 0.05) is 24.2 Å². The van der Waals surface area contributed by atoms with E-state index in [1.165, 1.54) is 18.9 Å². The van der Waals surface area contributed by atoms with Crippen molar-refractivity contribution in [3.05, 3.63) is 54.1 Å². The van der Waals surface area contributed by atoms with Crippen LogP contribution in [0.1, 0.15) is 31.2 Å². The zero-order valence-corrected chi connectivity index (χ0v) is 15.3. The van der Waals surface area contributed by atoms with E-state index in [2.05, 4.69) is 20.2 Å². The predicted molar refractivity (Wildman–Crippen MR) is 105 cm³/mol. The molecule has 28 heavy (non-hydrogen) atoms. The van der Waals surface area contributed by atoms with Crippen LogP contribution < -0.4 is 10.2 Å². The maximum Gasteiger partial charge on any atom is 0.416 e. The van der Waals surface area contributed by atoms with Crippen molar-refractivity contribution >= 4 is 28.4 Å². The second-order valence-corrected chi connectivity index (χ2v) is 6.99. The van der Waals surface area contributed by atoms with Gasteiger partial charge in [-0.05, 0) is 43.2 Å². The lowest BCUT2D eigenvalue weighted by Crippen LogP contribution is -2.25. The van der Waals surface area contributed by atoms with Crippen LogP contribution >= 0.6 is 0 Å². The topological polar surface area (TPSA) is 41.1 Å². The standard InChI is InChI=1S/C21H21F3N4/c22-21(23,24)15-8-7-9-16(14-15)25-20-26-18-11-4-3-10-17(18)19(27-20)28-12-5-1-2-6-13-28/h3-4,7-11,14H,1-2,5-6,12-13H2,(H,25,26,27). The van der Waals surface area contributed by atoms with Gasteiger partial charge in [-0.2, -0.15) is 18.2 Å². The van der Waals surface area contributed by atoms with Crippen molar-refractivity contribution in [3.8, 4) is 0 Å². The summed E-state index contributed by atoms with van der Waals surface area (Å²) in [6.07, 6.45) is 0.228. The van der Waals surface area contributed by atoms with E-state index in [0.29, 0.717) is 11.6 Å². The number of rotatable bonds is 3. The van der Waals surface area contributed by atoms with E-state index in [0.717, 1.165) is 54.8 Å². The van der Waals surface area contributed by atoms with Crippen molar-refractivity contribution < 1.29 is 13.2 Å². The third-order valence-corrected chi connectivity index (χ3v) is 4.93. The lowest BCUT2D eigenvalue weighted by atomic mass is 10.2. The number of fused-ring (bicyclic) bond motifs is 1. The zero-order valence-electron chi connectivity index (χ0n) is 15.3. The van der Waals surface area contributed by atoms with Gasteiger partial charge in [0.15, 0.2) is 0 Å². The summed E-state index contributed by atoms with van der Waals surface area (Å²) in [6, 6.07) is 12.8. The number of hydrogen-bond acceptors (Lipinski definition) is 4. The first-order valence-electron chi connectivity index (χ1n) is 9.47. The van der Waals surface area contributed by atoms with Crippen molar-refractivity contribution in [2.75, 3.05) is 23.3 Å². The van der Waals surface area contributed by atoms with Gasteiger partial charge in [0.1, 0.15) is 5.82 Å². The number of aromatic nitrogens is 2. The molecule has 1 aliphatic rings. The van der Waals surface area contributed by atoms with Crippen LogP contribution in [0.25, 0.3) is 10.9 Å². The molecule has 0 aliphatic carbocycles. The van der Waals surface area contributed by atoms with Gasteiger partial charge in [0.25, 0.3) is 0 Å². The van der Waals surface area contributed by atoms with Crippen LogP contribution in [0.4, 0.5) is 30.6 Å². The van der Waals surface area contributed by atoms with Crippen LogP contribution in [0, 0.1) is 0 Å². The minimum absolute atomic E-state index is 0.303. The summed E-state index contributed by atoms with van der Waals surface area (Å²) in [5.74, 6) is 1.14.